The lowest BCUT2D eigenvalue weighted by Gasteiger charge is -2.24. The van der Waals surface area contributed by atoms with Crippen molar-refractivity contribution in [2.24, 2.45) is 0 Å². The molecule has 136 valence electrons. The average molecular weight is 377 g/mol. The molecule has 0 saturated carbocycles. The normalized spacial score (nSPS) is 17.8. The summed E-state index contributed by atoms with van der Waals surface area (Å²) in [6, 6.07) is 3.90. The van der Waals surface area contributed by atoms with Gasteiger partial charge < -0.3 is 4.74 Å². The number of benzene rings is 1. The van der Waals surface area contributed by atoms with E-state index in [1.54, 1.807) is 0 Å². The van der Waals surface area contributed by atoms with E-state index in [2.05, 4.69) is 9.62 Å². The second-order valence-electron chi connectivity index (χ2n) is 6.03. The number of ether oxygens (including phenoxy) is 1. The second-order valence-corrected chi connectivity index (χ2v) is 9.78. The molecule has 1 unspecified atom stereocenters. The van der Waals surface area contributed by atoms with Gasteiger partial charge in [0.15, 0.2) is 9.84 Å². The van der Waals surface area contributed by atoms with Crippen LogP contribution in [0.2, 0.25) is 0 Å². The Morgan fingerprint density at radius 3 is 2.38 bits per heavy atom. The summed E-state index contributed by atoms with van der Waals surface area (Å²) >= 11 is 0. The third-order valence-corrected chi connectivity index (χ3v) is 6.74. The van der Waals surface area contributed by atoms with Crippen molar-refractivity contribution < 1.29 is 21.6 Å². The maximum absolute atomic E-state index is 12.6. The van der Waals surface area contributed by atoms with Crippen molar-refractivity contribution in [3.8, 4) is 5.75 Å². The van der Waals surface area contributed by atoms with Gasteiger partial charge in [0.05, 0.1) is 12.0 Å². The topological polar surface area (TPSA) is 92.8 Å². The molecule has 1 aliphatic heterocycles. The zero-order chi connectivity index (χ0) is 18.0. The Morgan fingerprint density at radius 1 is 1.21 bits per heavy atom. The van der Waals surface area contributed by atoms with Crippen molar-refractivity contribution >= 4 is 19.9 Å². The van der Waals surface area contributed by atoms with E-state index in [1.165, 1.54) is 19.2 Å². The van der Waals surface area contributed by atoms with Crippen LogP contribution in [0.3, 0.4) is 0 Å². The van der Waals surface area contributed by atoms with Gasteiger partial charge in [-0.25, -0.2) is 21.6 Å². The van der Waals surface area contributed by atoms with Crippen LogP contribution in [0, 0.1) is 0 Å². The highest BCUT2D eigenvalue weighted by atomic mass is 32.2. The van der Waals surface area contributed by atoms with E-state index >= 15 is 0 Å². The van der Waals surface area contributed by atoms with Crippen LogP contribution >= 0.6 is 0 Å². The average Bonchev–Trinajstić information content (AvgIpc) is 3.05. The maximum atomic E-state index is 12.6. The predicted molar refractivity (Wildman–Crippen MR) is 91.6 cm³/mol. The number of methoxy groups -OCH3 is 1. The lowest BCUT2D eigenvalue weighted by Crippen LogP contribution is -2.40. The van der Waals surface area contributed by atoms with Crippen molar-refractivity contribution in [2.75, 3.05) is 33.0 Å². The molecule has 9 heteroatoms. The van der Waals surface area contributed by atoms with Gasteiger partial charge in [0.25, 0.3) is 0 Å². The van der Waals surface area contributed by atoms with E-state index in [9.17, 15) is 16.8 Å². The number of nitrogens with one attached hydrogen (secondary N) is 1. The first-order chi connectivity index (χ1) is 11.1. The molecule has 0 aromatic heterocycles. The van der Waals surface area contributed by atoms with Gasteiger partial charge in [0.2, 0.25) is 10.0 Å². The zero-order valence-corrected chi connectivity index (χ0v) is 15.8. The van der Waals surface area contributed by atoms with Crippen molar-refractivity contribution in [1.82, 2.24) is 9.62 Å². The molecule has 0 radical (unpaired) electrons. The third kappa shape index (κ3) is 4.47. The first-order valence-electron chi connectivity index (χ1n) is 7.77. The van der Waals surface area contributed by atoms with Gasteiger partial charge in [-0.3, -0.25) is 4.90 Å². The molecule has 0 amide bonds. The zero-order valence-electron chi connectivity index (χ0n) is 14.1. The molecule has 2 rings (SSSR count). The quantitative estimate of drug-likeness (QED) is 0.759. The Kier molecular flexibility index (Phi) is 5.90. The number of nitrogens with zero attached hydrogens (tertiary/aromatic N) is 1. The highest BCUT2D eigenvalue weighted by Crippen LogP contribution is 2.26. The molecule has 0 aliphatic carbocycles. The monoisotopic (exact) mass is 376 g/mol. The number of rotatable bonds is 7. The van der Waals surface area contributed by atoms with Gasteiger partial charge in [-0.2, -0.15) is 0 Å². The molecule has 1 heterocycles. The molecule has 0 spiro atoms. The van der Waals surface area contributed by atoms with Crippen LogP contribution < -0.4 is 9.46 Å². The van der Waals surface area contributed by atoms with Gasteiger partial charge in [0, 0.05) is 18.8 Å². The Hall–Kier alpha value is -1.16. The first kappa shape index (κ1) is 19.2. The van der Waals surface area contributed by atoms with E-state index < -0.39 is 19.9 Å². The second kappa shape index (κ2) is 7.38. The van der Waals surface area contributed by atoms with Crippen molar-refractivity contribution in [2.45, 2.75) is 35.6 Å². The van der Waals surface area contributed by atoms with Crippen molar-refractivity contribution in [3.63, 3.8) is 0 Å². The molecule has 7 nitrogen and oxygen atoms in total. The van der Waals surface area contributed by atoms with E-state index in [0.29, 0.717) is 0 Å². The summed E-state index contributed by atoms with van der Waals surface area (Å²) in [6.45, 7) is 4.16. The molecule has 1 aromatic carbocycles. The van der Waals surface area contributed by atoms with Crippen LogP contribution in [0.15, 0.2) is 28.0 Å². The number of likely N-dealkylation sites (tertiary alicyclic amines) is 1. The van der Waals surface area contributed by atoms with Crippen LogP contribution in [0.25, 0.3) is 0 Å². The molecule has 24 heavy (non-hydrogen) atoms. The lowest BCUT2D eigenvalue weighted by molar-refractivity contribution is 0.260. The van der Waals surface area contributed by atoms with Gasteiger partial charge in [0.1, 0.15) is 10.6 Å². The predicted octanol–water partition coefficient (Wildman–Crippen LogP) is 0.861. The molecular formula is C15H24N2O5S2. The summed E-state index contributed by atoms with van der Waals surface area (Å²) in [4.78, 5) is 2.00. The summed E-state index contributed by atoms with van der Waals surface area (Å²) in [5.41, 5.74) is 0. The smallest absolute Gasteiger partial charge is 0.244 e. The number of hydrogen-bond acceptors (Lipinski definition) is 6. The fraction of sp³-hybridized carbons (Fsp3) is 0.600. The molecule has 1 saturated heterocycles. The Morgan fingerprint density at radius 2 is 1.83 bits per heavy atom. The Bertz CT molecular complexity index is 784. The van der Waals surface area contributed by atoms with Crippen LogP contribution in [0.5, 0.6) is 5.75 Å². The van der Waals surface area contributed by atoms with E-state index in [-0.39, 0.29) is 28.1 Å². The largest absolute Gasteiger partial charge is 0.495 e. The van der Waals surface area contributed by atoms with Crippen molar-refractivity contribution in [1.29, 1.82) is 0 Å². The van der Waals surface area contributed by atoms with E-state index in [4.69, 9.17) is 4.74 Å². The summed E-state index contributed by atoms with van der Waals surface area (Å²) in [7, 11) is -6.04. The van der Waals surface area contributed by atoms with Gasteiger partial charge >= 0.3 is 0 Å². The summed E-state index contributed by atoms with van der Waals surface area (Å²) in [5, 5.41) is 0. The van der Waals surface area contributed by atoms with Crippen LogP contribution in [-0.2, 0) is 19.9 Å². The van der Waals surface area contributed by atoms with E-state index in [1.807, 2.05) is 6.92 Å². The minimum absolute atomic E-state index is 0.0590. The molecule has 0 bridgehead atoms. The Labute approximate surface area is 144 Å². The Balaban J connectivity index is 2.24. The summed E-state index contributed by atoms with van der Waals surface area (Å²) in [5.74, 6) is 0.115. The van der Waals surface area contributed by atoms with Gasteiger partial charge in [-0.05, 0) is 51.1 Å². The van der Waals surface area contributed by atoms with Gasteiger partial charge in [-0.1, -0.05) is 0 Å². The SMILES string of the molecule is COc1ccc(S(C)(=O)=O)cc1S(=O)(=O)NCC(C)N1CCCC1. The first-order valence-corrected chi connectivity index (χ1v) is 11.1. The number of sulfonamides is 1. The van der Waals surface area contributed by atoms with Crippen LogP contribution in [0.4, 0.5) is 0 Å². The standard InChI is InChI=1S/C15H24N2O5S2/c1-12(17-8-4-5-9-17)11-16-24(20,21)15-10-13(23(3,18)19)6-7-14(15)22-2/h6-7,10,12,16H,4-5,8-9,11H2,1-3H3. The van der Waals surface area contributed by atoms with E-state index in [0.717, 1.165) is 38.3 Å². The molecule has 1 aromatic rings. The number of sulfone groups is 1. The summed E-state index contributed by atoms with van der Waals surface area (Å²) in [6.07, 6.45) is 3.29. The minimum Gasteiger partial charge on any atom is -0.495 e. The number of hydrogen-bond donors (Lipinski definition) is 1. The minimum atomic E-state index is -3.88. The molecule has 1 atom stereocenters. The lowest BCUT2D eigenvalue weighted by atomic mass is 10.3. The molecular weight excluding hydrogens is 352 g/mol. The molecule has 1 N–H and O–H groups in total. The molecule has 1 aliphatic rings. The highest BCUT2D eigenvalue weighted by Gasteiger charge is 2.24. The van der Waals surface area contributed by atoms with Crippen LogP contribution in [0.1, 0.15) is 19.8 Å². The van der Waals surface area contributed by atoms with Gasteiger partial charge in [-0.15, -0.1) is 0 Å². The molecule has 1 fully saturated rings. The highest BCUT2D eigenvalue weighted by molar-refractivity contribution is 7.91. The third-order valence-electron chi connectivity index (χ3n) is 4.19. The van der Waals surface area contributed by atoms with Crippen molar-refractivity contribution in [3.05, 3.63) is 18.2 Å². The maximum Gasteiger partial charge on any atom is 0.244 e. The fourth-order valence-electron chi connectivity index (χ4n) is 2.72. The van der Waals surface area contributed by atoms with Crippen LogP contribution in [-0.4, -0.2) is 60.8 Å². The summed E-state index contributed by atoms with van der Waals surface area (Å²) < 4.78 is 56.2. The fourth-order valence-corrected chi connectivity index (χ4v) is 4.75.